The van der Waals surface area contributed by atoms with Crippen LogP contribution in [-0.4, -0.2) is 29.2 Å². The van der Waals surface area contributed by atoms with Crippen molar-refractivity contribution >= 4 is 5.97 Å². The molecule has 0 aromatic heterocycles. The van der Waals surface area contributed by atoms with Gasteiger partial charge in [0.15, 0.2) is 0 Å². The third-order valence-corrected chi connectivity index (χ3v) is 2.54. The molecule has 1 N–H and O–H groups in total. The second-order valence-electron chi connectivity index (χ2n) is 5.63. The molecule has 0 saturated heterocycles. The maximum absolute atomic E-state index is 12.7. The second kappa shape index (κ2) is 3.95. The fourth-order valence-electron chi connectivity index (χ4n) is 2.02. The van der Waals surface area contributed by atoms with Gasteiger partial charge < -0.3 is 9.84 Å². The van der Waals surface area contributed by atoms with Crippen molar-refractivity contribution in [1.29, 1.82) is 0 Å². The summed E-state index contributed by atoms with van der Waals surface area (Å²) in [5.74, 6) is -3.28. The molecule has 16 heavy (non-hydrogen) atoms. The third kappa shape index (κ3) is 3.40. The van der Waals surface area contributed by atoms with Gasteiger partial charge in [-0.2, -0.15) is 0 Å². The van der Waals surface area contributed by atoms with Crippen LogP contribution in [0.1, 0.15) is 40.0 Å². The SMILES string of the molecule is CC(C)(C)OC(=O)CC1(CO)CC(F)(F)C1. The van der Waals surface area contributed by atoms with Crippen molar-refractivity contribution in [2.45, 2.75) is 51.6 Å². The van der Waals surface area contributed by atoms with Crippen molar-refractivity contribution in [3.63, 3.8) is 0 Å². The topological polar surface area (TPSA) is 46.5 Å². The maximum Gasteiger partial charge on any atom is 0.306 e. The largest absolute Gasteiger partial charge is 0.460 e. The third-order valence-electron chi connectivity index (χ3n) is 2.54. The molecule has 1 aliphatic carbocycles. The minimum absolute atomic E-state index is 0.143. The summed E-state index contributed by atoms with van der Waals surface area (Å²) < 4.78 is 30.5. The van der Waals surface area contributed by atoms with Crippen molar-refractivity contribution in [2.24, 2.45) is 5.41 Å². The Labute approximate surface area is 93.8 Å². The van der Waals surface area contributed by atoms with E-state index in [1.165, 1.54) is 0 Å². The van der Waals surface area contributed by atoms with Crippen LogP contribution in [0, 0.1) is 5.41 Å². The minimum Gasteiger partial charge on any atom is -0.460 e. The normalized spacial score (nSPS) is 22.4. The molecule has 1 rings (SSSR count). The van der Waals surface area contributed by atoms with Gasteiger partial charge in [0.2, 0.25) is 5.92 Å². The predicted octanol–water partition coefficient (Wildman–Crippen LogP) is 2.13. The first kappa shape index (κ1) is 13.4. The molecular weight excluding hydrogens is 218 g/mol. The molecule has 3 nitrogen and oxygen atoms in total. The number of aliphatic hydroxyl groups is 1. The molecule has 94 valence electrons. The van der Waals surface area contributed by atoms with Crippen LogP contribution in [0.25, 0.3) is 0 Å². The lowest BCUT2D eigenvalue weighted by atomic mass is 9.64. The molecule has 5 heteroatoms. The Balaban J connectivity index is 2.50. The smallest absolute Gasteiger partial charge is 0.306 e. The van der Waals surface area contributed by atoms with E-state index >= 15 is 0 Å². The summed E-state index contributed by atoms with van der Waals surface area (Å²) in [4.78, 5) is 11.5. The standard InChI is InChI=1S/C11H18F2O3/c1-9(2,3)16-8(15)4-10(7-14)5-11(12,13)6-10/h14H,4-7H2,1-3H3. The van der Waals surface area contributed by atoms with E-state index in [-0.39, 0.29) is 6.42 Å². The van der Waals surface area contributed by atoms with Gasteiger partial charge in [-0.15, -0.1) is 0 Å². The van der Waals surface area contributed by atoms with Gasteiger partial charge in [0.25, 0.3) is 0 Å². The van der Waals surface area contributed by atoms with E-state index in [2.05, 4.69) is 0 Å². The minimum atomic E-state index is -2.75. The number of ether oxygens (including phenoxy) is 1. The second-order valence-corrected chi connectivity index (χ2v) is 5.63. The Hall–Kier alpha value is -0.710. The van der Waals surface area contributed by atoms with Crippen LogP contribution in [0.4, 0.5) is 8.78 Å². The van der Waals surface area contributed by atoms with Crippen LogP contribution in [0.2, 0.25) is 0 Å². The molecule has 1 saturated carbocycles. The molecule has 0 aliphatic heterocycles. The quantitative estimate of drug-likeness (QED) is 0.763. The summed E-state index contributed by atoms with van der Waals surface area (Å²) in [5, 5.41) is 9.07. The van der Waals surface area contributed by atoms with E-state index in [1.54, 1.807) is 20.8 Å². The van der Waals surface area contributed by atoms with Crippen molar-refractivity contribution in [3.05, 3.63) is 0 Å². The monoisotopic (exact) mass is 236 g/mol. The number of carbonyl (C=O) groups is 1. The fourth-order valence-corrected chi connectivity index (χ4v) is 2.02. The molecule has 0 spiro atoms. The summed E-state index contributed by atoms with van der Waals surface area (Å²) in [6.07, 6.45) is -1.01. The van der Waals surface area contributed by atoms with Crippen molar-refractivity contribution < 1.29 is 23.4 Å². The van der Waals surface area contributed by atoms with Crippen molar-refractivity contribution in [1.82, 2.24) is 0 Å². The number of carbonyl (C=O) groups excluding carboxylic acids is 1. The molecule has 0 bridgehead atoms. The molecule has 0 amide bonds. The van der Waals surface area contributed by atoms with E-state index in [0.29, 0.717) is 0 Å². The predicted molar refractivity (Wildman–Crippen MR) is 54.2 cm³/mol. The Morgan fingerprint density at radius 2 is 1.88 bits per heavy atom. The highest BCUT2D eigenvalue weighted by Gasteiger charge is 2.57. The maximum atomic E-state index is 12.7. The summed E-state index contributed by atoms with van der Waals surface area (Å²) in [6.45, 7) is 4.74. The molecule has 0 radical (unpaired) electrons. The summed E-state index contributed by atoms with van der Waals surface area (Å²) >= 11 is 0. The molecule has 0 heterocycles. The number of alkyl halides is 2. The zero-order chi connectivity index (χ0) is 12.6. The van der Waals surface area contributed by atoms with E-state index in [1.807, 2.05) is 0 Å². The van der Waals surface area contributed by atoms with Gasteiger partial charge in [-0.1, -0.05) is 0 Å². The number of aliphatic hydroxyl groups excluding tert-OH is 1. The first-order chi connectivity index (χ1) is 7.08. The van der Waals surface area contributed by atoms with Crippen LogP contribution in [0.5, 0.6) is 0 Å². The Bertz CT molecular complexity index is 273. The zero-order valence-corrected chi connectivity index (χ0v) is 9.85. The van der Waals surface area contributed by atoms with Crippen LogP contribution in [-0.2, 0) is 9.53 Å². The first-order valence-electron chi connectivity index (χ1n) is 5.28. The van der Waals surface area contributed by atoms with Gasteiger partial charge in [0.1, 0.15) is 5.60 Å². The molecule has 0 unspecified atom stereocenters. The van der Waals surface area contributed by atoms with Gasteiger partial charge in [0, 0.05) is 24.9 Å². The fraction of sp³-hybridized carbons (Fsp3) is 0.909. The Morgan fingerprint density at radius 1 is 1.38 bits per heavy atom. The van der Waals surface area contributed by atoms with Gasteiger partial charge in [-0.25, -0.2) is 8.78 Å². The summed E-state index contributed by atoms with van der Waals surface area (Å²) in [6, 6.07) is 0. The average molecular weight is 236 g/mol. The van der Waals surface area contributed by atoms with E-state index in [0.717, 1.165) is 0 Å². The lowest BCUT2D eigenvalue weighted by Gasteiger charge is -2.45. The summed E-state index contributed by atoms with van der Waals surface area (Å²) in [7, 11) is 0. The van der Waals surface area contributed by atoms with Gasteiger partial charge in [0.05, 0.1) is 6.42 Å². The van der Waals surface area contributed by atoms with Crippen LogP contribution in [0.15, 0.2) is 0 Å². The van der Waals surface area contributed by atoms with Gasteiger partial charge in [-0.3, -0.25) is 4.79 Å². The Morgan fingerprint density at radius 3 is 2.19 bits per heavy atom. The highest BCUT2D eigenvalue weighted by atomic mass is 19.3. The highest BCUT2D eigenvalue weighted by molar-refractivity contribution is 5.71. The number of esters is 1. The molecule has 1 aliphatic rings. The average Bonchev–Trinajstić information content (AvgIpc) is 1.96. The van der Waals surface area contributed by atoms with Gasteiger partial charge in [-0.05, 0) is 20.8 Å². The molecule has 0 atom stereocenters. The van der Waals surface area contributed by atoms with E-state index in [9.17, 15) is 13.6 Å². The van der Waals surface area contributed by atoms with Gasteiger partial charge >= 0.3 is 5.97 Å². The Kier molecular flexibility index (Phi) is 3.29. The van der Waals surface area contributed by atoms with Crippen LogP contribution < -0.4 is 0 Å². The van der Waals surface area contributed by atoms with Crippen molar-refractivity contribution in [2.75, 3.05) is 6.61 Å². The van der Waals surface area contributed by atoms with E-state index < -0.39 is 42.4 Å². The number of hydrogen-bond donors (Lipinski definition) is 1. The zero-order valence-electron chi connectivity index (χ0n) is 9.85. The number of rotatable bonds is 3. The van der Waals surface area contributed by atoms with Crippen molar-refractivity contribution in [3.8, 4) is 0 Å². The first-order valence-corrected chi connectivity index (χ1v) is 5.28. The number of halogens is 2. The lowest BCUT2D eigenvalue weighted by Crippen LogP contribution is -2.50. The molecular formula is C11H18F2O3. The molecule has 1 fully saturated rings. The highest BCUT2D eigenvalue weighted by Crippen LogP contribution is 2.53. The molecule has 0 aromatic carbocycles. The summed E-state index contributed by atoms with van der Waals surface area (Å²) in [5.41, 5.74) is -1.61. The number of hydrogen-bond acceptors (Lipinski definition) is 3. The van der Waals surface area contributed by atoms with Crippen LogP contribution >= 0.6 is 0 Å². The van der Waals surface area contributed by atoms with Crippen LogP contribution in [0.3, 0.4) is 0 Å². The molecule has 0 aromatic rings. The van der Waals surface area contributed by atoms with E-state index in [4.69, 9.17) is 9.84 Å². The lowest BCUT2D eigenvalue weighted by molar-refractivity contribution is -0.192.